The molecule has 0 unspecified atom stereocenters. The minimum Gasteiger partial charge on any atom is -0.503 e. The maximum atomic E-state index is 13.9. The fourth-order valence-electron chi connectivity index (χ4n) is 5.40. The summed E-state index contributed by atoms with van der Waals surface area (Å²) in [4.78, 5) is 27.5. The van der Waals surface area contributed by atoms with E-state index in [0.29, 0.717) is 44.8 Å². The van der Waals surface area contributed by atoms with Gasteiger partial charge in [0, 0.05) is 29.3 Å². The summed E-state index contributed by atoms with van der Waals surface area (Å²) < 4.78 is 27.8. The maximum Gasteiger partial charge on any atom is 0.336 e. The number of methoxy groups -OCH3 is 3. The smallest absolute Gasteiger partial charge is 0.336 e. The molecule has 2 N–H and O–H groups in total. The van der Waals surface area contributed by atoms with Crippen molar-refractivity contribution in [2.75, 3.05) is 34.5 Å². The number of phenols is 1. The number of hydrogen-bond acceptors (Lipinski definition) is 9. The summed E-state index contributed by atoms with van der Waals surface area (Å²) in [6, 6.07) is 9.03. The number of Topliss-reactive ketones (excluding diaryl/α,β-unsaturated/α-hetero) is 1. The minimum atomic E-state index is -0.727. The normalized spacial score (nSPS) is 18.7. The lowest BCUT2D eigenvalue weighted by atomic mass is 9.71. The Bertz CT molecular complexity index is 1400. The van der Waals surface area contributed by atoms with Gasteiger partial charge in [-0.05, 0) is 84.4 Å². The first-order chi connectivity index (χ1) is 19.6. The predicted octanol–water partition coefficient (Wildman–Crippen LogP) is 5.51. The summed E-state index contributed by atoms with van der Waals surface area (Å²) in [5.74, 6) is -0.114. The second-order valence-corrected chi connectivity index (χ2v) is 11.1. The lowest BCUT2D eigenvalue weighted by Crippen LogP contribution is -2.36. The van der Waals surface area contributed by atoms with Crippen molar-refractivity contribution in [1.29, 1.82) is 0 Å². The first-order valence-corrected chi connectivity index (χ1v) is 14.2. The van der Waals surface area contributed by atoms with Gasteiger partial charge in [0.05, 0.1) is 44.1 Å². The van der Waals surface area contributed by atoms with Crippen molar-refractivity contribution in [1.82, 2.24) is 5.32 Å². The summed E-state index contributed by atoms with van der Waals surface area (Å²) in [7, 11) is 4.61. The van der Waals surface area contributed by atoms with E-state index >= 15 is 0 Å². The van der Waals surface area contributed by atoms with E-state index in [1.54, 1.807) is 33.3 Å². The van der Waals surface area contributed by atoms with Crippen LogP contribution in [0.3, 0.4) is 0 Å². The molecule has 10 heteroatoms. The van der Waals surface area contributed by atoms with E-state index in [1.807, 2.05) is 32.0 Å². The van der Waals surface area contributed by atoms with Gasteiger partial charge >= 0.3 is 5.97 Å². The standard InChI is InChI=1S/C31H36BrNO8/c1-16(2)40-9-10-41-31(36)27-17(3)33-22-12-19(18-7-8-24(37-4)25(14-18)38-5)13-23(34)29(22)28(27)20-11-21(32)30(35)26(15-20)39-6/h7-8,11,14-16,19,28,33,35H,9-10,12-13H2,1-6H3/t19-,28-/m0/s1. The van der Waals surface area contributed by atoms with Crippen LogP contribution < -0.4 is 19.5 Å². The monoisotopic (exact) mass is 629 g/mol. The molecule has 0 aromatic heterocycles. The van der Waals surface area contributed by atoms with Gasteiger partial charge in [0.25, 0.3) is 0 Å². The molecule has 2 aliphatic rings. The van der Waals surface area contributed by atoms with Crippen LogP contribution in [0.1, 0.15) is 56.6 Å². The number of rotatable bonds is 10. The van der Waals surface area contributed by atoms with Crippen molar-refractivity contribution in [2.24, 2.45) is 0 Å². The molecule has 1 aliphatic carbocycles. The molecule has 1 heterocycles. The average Bonchev–Trinajstić information content (AvgIpc) is 2.95. The molecule has 220 valence electrons. The Labute approximate surface area is 248 Å². The summed E-state index contributed by atoms with van der Waals surface area (Å²) in [6.07, 6.45) is 0.796. The van der Waals surface area contributed by atoms with Crippen LogP contribution in [0.15, 0.2) is 57.3 Å². The van der Waals surface area contributed by atoms with E-state index in [-0.39, 0.29) is 48.9 Å². The number of benzene rings is 2. The Kier molecular flexibility index (Phi) is 9.65. The van der Waals surface area contributed by atoms with E-state index in [0.717, 1.165) is 11.3 Å². The largest absolute Gasteiger partial charge is 0.503 e. The summed E-state index contributed by atoms with van der Waals surface area (Å²) in [5.41, 5.74) is 3.72. The molecule has 2 aromatic carbocycles. The first kappa shape index (κ1) is 30.5. The zero-order chi connectivity index (χ0) is 29.8. The Morgan fingerprint density at radius 2 is 1.68 bits per heavy atom. The third-order valence-electron chi connectivity index (χ3n) is 7.30. The number of ketones is 1. The minimum absolute atomic E-state index is 0.00625. The van der Waals surface area contributed by atoms with Crippen LogP contribution in [0.4, 0.5) is 0 Å². The number of halogens is 1. The molecule has 2 atom stereocenters. The van der Waals surface area contributed by atoms with Crippen molar-refractivity contribution < 1.29 is 38.4 Å². The van der Waals surface area contributed by atoms with Crippen LogP contribution in [-0.2, 0) is 19.1 Å². The molecule has 9 nitrogen and oxygen atoms in total. The van der Waals surface area contributed by atoms with Crippen LogP contribution in [0, 0.1) is 0 Å². The first-order valence-electron chi connectivity index (χ1n) is 13.4. The van der Waals surface area contributed by atoms with Gasteiger partial charge in [-0.15, -0.1) is 0 Å². The number of esters is 1. The second-order valence-electron chi connectivity index (χ2n) is 10.2. The fourth-order valence-corrected chi connectivity index (χ4v) is 5.86. The number of allylic oxidation sites excluding steroid dienone is 3. The van der Waals surface area contributed by atoms with Gasteiger partial charge in [-0.25, -0.2) is 4.79 Å². The van der Waals surface area contributed by atoms with E-state index < -0.39 is 11.9 Å². The van der Waals surface area contributed by atoms with Crippen molar-refractivity contribution in [3.8, 4) is 23.0 Å². The maximum absolute atomic E-state index is 13.9. The number of dihydropyridines is 1. The number of carbonyl (C=O) groups excluding carboxylic acids is 2. The number of ether oxygens (including phenoxy) is 5. The zero-order valence-corrected chi connectivity index (χ0v) is 25.7. The summed E-state index contributed by atoms with van der Waals surface area (Å²) >= 11 is 3.39. The van der Waals surface area contributed by atoms with Crippen LogP contribution >= 0.6 is 15.9 Å². The molecule has 0 amide bonds. The highest BCUT2D eigenvalue weighted by molar-refractivity contribution is 9.10. The highest BCUT2D eigenvalue weighted by Crippen LogP contribution is 2.48. The third kappa shape index (κ3) is 6.38. The summed E-state index contributed by atoms with van der Waals surface area (Å²) in [6.45, 7) is 5.94. The Balaban J connectivity index is 1.76. The van der Waals surface area contributed by atoms with E-state index in [1.165, 1.54) is 7.11 Å². The number of aromatic hydroxyl groups is 1. The van der Waals surface area contributed by atoms with Gasteiger partial charge in [-0.1, -0.05) is 6.07 Å². The third-order valence-corrected chi connectivity index (χ3v) is 7.90. The molecule has 41 heavy (non-hydrogen) atoms. The molecular formula is C31H36BrNO8. The van der Waals surface area contributed by atoms with E-state index in [2.05, 4.69) is 21.2 Å². The van der Waals surface area contributed by atoms with Gasteiger partial charge in [0.15, 0.2) is 28.8 Å². The van der Waals surface area contributed by atoms with Crippen LogP contribution in [0.2, 0.25) is 0 Å². The number of phenolic OH excluding ortho intramolecular Hbond substituents is 1. The van der Waals surface area contributed by atoms with Crippen molar-refractivity contribution in [3.05, 3.63) is 68.5 Å². The summed E-state index contributed by atoms with van der Waals surface area (Å²) in [5, 5.41) is 13.8. The fraction of sp³-hybridized carbons (Fsp3) is 0.419. The molecule has 0 radical (unpaired) electrons. The van der Waals surface area contributed by atoms with Gasteiger partial charge in [0.2, 0.25) is 0 Å². The van der Waals surface area contributed by atoms with Crippen LogP contribution in [-0.4, -0.2) is 57.5 Å². The number of nitrogens with one attached hydrogen (secondary N) is 1. The van der Waals surface area contributed by atoms with Crippen molar-refractivity contribution >= 4 is 27.7 Å². The predicted molar refractivity (Wildman–Crippen MR) is 157 cm³/mol. The Hall–Kier alpha value is -3.50. The van der Waals surface area contributed by atoms with Gasteiger partial charge in [-0.2, -0.15) is 0 Å². The lowest BCUT2D eigenvalue weighted by Gasteiger charge is -2.37. The number of carbonyl (C=O) groups is 2. The van der Waals surface area contributed by atoms with Crippen LogP contribution in [0.25, 0.3) is 0 Å². The molecular weight excluding hydrogens is 594 g/mol. The SMILES string of the molecule is COc1ccc([C@@H]2CC(=O)C3=C(C2)NC(C)=C(C(=O)OCCOC(C)C)[C@@H]3c2cc(Br)c(O)c(OC)c2)cc1OC. The van der Waals surface area contributed by atoms with Gasteiger partial charge in [-0.3, -0.25) is 4.79 Å². The molecule has 0 saturated heterocycles. The van der Waals surface area contributed by atoms with Crippen LogP contribution in [0.5, 0.6) is 23.0 Å². The van der Waals surface area contributed by atoms with Gasteiger partial charge in [0.1, 0.15) is 6.61 Å². The van der Waals surface area contributed by atoms with Crippen molar-refractivity contribution in [2.45, 2.75) is 51.6 Å². The Morgan fingerprint density at radius 3 is 2.34 bits per heavy atom. The topological polar surface area (TPSA) is 113 Å². The molecule has 0 spiro atoms. The number of hydrogen-bond donors (Lipinski definition) is 2. The highest BCUT2D eigenvalue weighted by atomic mass is 79.9. The second kappa shape index (κ2) is 13.0. The zero-order valence-electron chi connectivity index (χ0n) is 24.1. The molecule has 0 fully saturated rings. The molecule has 4 rings (SSSR count). The van der Waals surface area contributed by atoms with E-state index in [4.69, 9.17) is 23.7 Å². The highest BCUT2D eigenvalue weighted by Gasteiger charge is 2.42. The van der Waals surface area contributed by atoms with Crippen molar-refractivity contribution in [3.63, 3.8) is 0 Å². The molecule has 1 aliphatic heterocycles. The average molecular weight is 631 g/mol. The Morgan fingerprint density at radius 1 is 1.00 bits per heavy atom. The molecule has 0 saturated carbocycles. The van der Waals surface area contributed by atoms with Gasteiger partial charge < -0.3 is 34.1 Å². The van der Waals surface area contributed by atoms with E-state index in [9.17, 15) is 14.7 Å². The molecule has 2 aromatic rings. The quantitative estimate of drug-likeness (QED) is 0.259. The lowest BCUT2D eigenvalue weighted by molar-refractivity contribution is -0.141. The molecule has 0 bridgehead atoms.